The predicted molar refractivity (Wildman–Crippen MR) is 153 cm³/mol. The van der Waals surface area contributed by atoms with Gasteiger partial charge >= 0.3 is 0 Å². The van der Waals surface area contributed by atoms with Crippen molar-refractivity contribution in [2.24, 2.45) is 0 Å². The summed E-state index contributed by atoms with van der Waals surface area (Å²) in [6.45, 7) is 2.27. The Morgan fingerprint density at radius 1 is 0.949 bits per heavy atom. The summed E-state index contributed by atoms with van der Waals surface area (Å²) in [6.07, 6.45) is 3.69. The van der Waals surface area contributed by atoms with Crippen LogP contribution in [0.4, 0.5) is 11.6 Å². The zero-order chi connectivity index (χ0) is 26.6. The largest absolute Gasteiger partial charge is 0.381 e. The predicted octanol–water partition coefficient (Wildman–Crippen LogP) is 4.64. The van der Waals surface area contributed by atoms with Crippen LogP contribution in [0.25, 0.3) is 11.2 Å². The molecular formula is C31H29N7O. The lowest BCUT2D eigenvalue weighted by molar-refractivity contribution is 0.512. The molecule has 0 spiro atoms. The molecule has 0 bridgehead atoms. The molecular weight excluding hydrogens is 486 g/mol. The highest BCUT2D eigenvalue weighted by atomic mass is 16.1. The molecule has 1 atom stereocenters. The van der Waals surface area contributed by atoms with Crippen molar-refractivity contribution in [3.05, 3.63) is 118 Å². The lowest BCUT2D eigenvalue weighted by Gasteiger charge is -2.35. The molecule has 8 heteroatoms. The van der Waals surface area contributed by atoms with E-state index in [2.05, 4.69) is 33.4 Å². The van der Waals surface area contributed by atoms with Gasteiger partial charge < -0.3 is 14.8 Å². The zero-order valence-electron chi connectivity index (χ0n) is 21.6. The molecule has 8 nitrogen and oxygen atoms in total. The van der Waals surface area contributed by atoms with E-state index in [1.165, 1.54) is 0 Å². The highest BCUT2D eigenvalue weighted by molar-refractivity contribution is 5.72. The maximum Gasteiger partial charge on any atom is 0.281 e. The second-order valence-corrected chi connectivity index (χ2v) is 9.90. The maximum absolute atomic E-state index is 14.2. The van der Waals surface area contributed by atoms with Crippen molar-refractivity contribution >= 4 is 22.8 Å². The Hall–Kier alpha value is -4.90. The second-order valence-electron chi connectivity index (χ2n) is 9.90. The number of hydrogen-bond acceptors (Lipinski definition) is 6. The van der Waals surface area contributed by atoms with E-state index < -0.39 is 0 Å². The molecule has 0 radical (unpaired) electrons. The lowest BCUT2D eigenvalue weighted by atomic mass is 10.1. The summed E-state index contributed by atoms with van der Waals surface area (Å²) in [4.78, 5) is 25.9. The van der Waals surface area contributed by atoms with Gasteiger partial charge in [0.15, 0.2) is 11.2 Å². The van der Waals surface area contributed by atoms with Crippen LogP contribution < -0.4 is 15.8 Å². The second kappa shape index (κ2) is 10.8. The Labute approximate surface area is 226 Å². The molecule has 6 rings (SSSR count). The van der Waals surface area contributed by atoms with Crippen LogP contribution in [-0.4, -0.2) is 38.2 Å². The Morgan fingerprint density at radius 2 is 1.69 bits per heavy atom. The number of nitrogens with zero attached hydrogens (tertiary/aromatic N) is 6. The molecule has 1 saturated heterocycles. The fourth-order valence-corrected chi connectivity index (χ4v) is 5.31. The van der Waals surface area contributed by atoms with Gasteiger partial charge in [0.1, 0.15) is 0 Å². The Kier molecular flexibility index (Phi) is 6.79. The van der Waals surface area contributed by atoms with Gasteiger partial charge in [0.25, 0.3) is 5.56 Å². The van der Waals surface area contributed by atoms with Crippen LogP contribution in [-0.2, 0) is 13.1 Å². The van der Waals surface area contributed by atoms with Crippen molar-refractivity contribution in [1.29, 1.82) is 5.26 Å². The number of rotatable bonds is 7. The summed E-state index contributed by atoms with van der Waals surface area (Å²) in [5.41, 5.74) is 4.24. The van der Waals surface area contributed by atoms with Crippen molar-refractivity contribution in [3.8, 4) is 6.07 Å². The van der Waals surface area contributed by atoms with Crippen LogP contribution in [0.2, 0.25) is 0 Å². The highest BCUT2D eigenvalue weighted by Gasteiger charge is 2.26. The van der Waals surface area contributed by atoms with Crippen molar-refractivity contribution < 1.29 is 0 Å². The molecule has 3 heterocycles. The summed E-state index contributed by atoms with van der Waals surface area (Å²) in [6, 6.07) is 30.1. The number of anilines is 2. The van der Waals surface area contributed by atoms with E-state index in [1.54, 1.807) is 17.0 Å². The molecule has 0 unspecified atom stereocenters. The van der Waals surface area contributed by atoms with Gasteiger partial charge in [0, 0.05) is 31.4 Å². The quantitative estimate of drug-likeness (QED) is 0.340. The van der Waals surface area contributed by atoms with Crippen LogP contribution in [0.1, 0.15) is 29.5 Å². The van der Waals surface area contributed by atoms with Gasteiger partial charge in [-0.2, -0.15) is 10.2 Å². The van der Waals surface area contributed by atoms with Gasteiger partial charge in [-0.1, -0.05) is 66.7 Å². The SMILES string of the molecule is N#Cc1ccccc1Cn1c(N2CCC[C@@H](Nc3ccccc3)C2)nc2ncn(Cc3ccccc3)c2c1=O. The molecule has 1 fully saturated rings. The molecule has 3 aromatic carbocycles. The smallest absolute Gasteiger partial charge is 0.281 e. The van der Waals surface area contributed by atoms with Gasteiger partial charge in [-0.15, -0.1) is 0 Å². The number of aromatic nitrogens is 4. The summed E-state index contributed by atoms with van der Waals surface area (Å²) >= 11 is 0. The minimum atomic E-state index is -0.158. The maximum atomic E-state index is 14.2. The molecule has 1 N–H and O–H groups in total. The van der Waals surface area contributed by atoms with Crippen LogP contribution in [0.3, 0.4) is 0 Å². The normalized spacial score (nSPS) is 15.3. The zero-order valence-corrected chi connectivity index (χ0v) is 21.6. The van der Waals surface area contributed by atoms with Gasteiger partial charge in [-0.05, 0) is 42.2 Å². The van der Waals surface area contributed by atoms with Crippen molar-refractivity contribution in [2.75, 3.05) is 23.3 Å². The van der Waals surface area contributed by atoms with E-state index in [-0.39, 0.29) is 18.1 Å². The highest BCUT2D eigenvalue weighted by Crippen LogP contribution is 2.23. The molecule has 2 aromatic heterocycles. The molecule has 0 aliphatic carbocycles. The first-order valence-electron chi connectivity index (χ1n) is 13.2. The Bertz CT molecular complexity index is 1690. The number of nitrogens with one attached hydrogen (secondary N) is 1. The van der Waals surface area contributed by atoms with Gasteiger partial charge in [-0.25, -0.2) is 4.98 Å². The van der Waals surface area contributed by atoms with Gasteiger partial charge in [0.2, 0.25) is 5.95 Å². The van der Waals surface area contributed by atoms with E-state index >= 15 is 0 Å². The average Bonchev–Trinajstić information content (AvgIpc) is 3.38. The standard InChI is InChI=1S/C31H29N7O/c32-18-24-12-7-8-13-25(24)20-38-30(39)28-29(33-22-37(28)19-23-10-3-1-4-11-23)35-31(38)36-17-9-16-27(21-36)34-26-14-5-2-6-15-26/h1-8,10-15,22,27,34H,9,16-17,19-21H2/t27-/m1/s1. The fraction of sp³-hybridized carbons (Fsp3) is 0.226. The number of nitriles is 1. The third-order valence-corrected chi connectivity index (χ3v) is 7.22. The summed E-state index contributed by atoms with van der Waals surface area (Å²) in [5, 5.41) is 13.4. The first-order chi connectivity index (χ1) is 19.2. The van der Waals surface area contributed by atoms with Crippen LogP contribution in [0.5, 0.6) is 0 Å². The average molecular weight is 516 g/mol. The van der Waals surface area contributed by atoms with Crippen molar-refractivity contribution in [1.82, 2.24) is 19.1 Å². The fourth-order valence-electron chi connectivity index (χ4n) is 5.31. The number of piperidine rings is 1. The summed E-state index contributed by atoms with van der Waals surface area (Å²) in [5.74, 6) is 0.588. The monoisotopic (exact) mass is 515 g/mol. The first kappa shape index (κ1) is 24.4. The van der Waals surface area contributed by atoms with E-state index in [0.717, 1.165) is 36.2 Å². The number of benzene rings is 3. The lowest BCUT2D eigenvalue weighted by Crippen LogP contribution is -2.45. The Morgan fingerprint density at radius 3 is 2.49 bits per heavy atom. The van der Waals surface area contributed by atoms with E-state index in [9.17, 15) is 10.1 Å². The van der Waals surface area contributed by atoms with Crippen molar-refractivity contribution in [2.45, 2.75) is 32.0 Å². The Balaban J connectivity index is 1.42. The van der Waals surface area contributed by atoms with Gasteiger partial charge in [0.05, 0.1) is 24.5 Å². The van der Waals surface area contributed by atoms with Crippen molar-refractivity contribution in [3.63, 3.8) is 0 Å². The summed E-state index contributed by atoms with van der Waals surface area (Å²) < 4.78 is 3.58. The third kappa shape index (κ3) is 5.12. The molecule has 1 aliphatic rings. The number of hydrogen-bond donors (Lipinski definition) is 1. The molecule has 0 saturated carbocycles. The summed E-state index contributed by atoms with van der Waals surface area (Å²) in [7, 11) is 0. The first-order valence-corrected chi connectivity index (χ1v) is 13.2. The number of fused-ring (bicyclic) bond motifs is 1. The van der Waals surface area contributed by atoms with Crippen LogP contribution >= 0.6 is 0 Å². The van der Waals surface area contributed by atoms with Crippen LogP contribution in [0.15, 0.2) is 96.1 Å². The number of para-hydroxylation sites is 1. The van der Waals surface area contributed by atoms with E-state index in [4.69, 9.17) is 4.98 Å². The molecule has 0 amide bonds. The molecule has 39 heavy (non-hydrogen) atoms. The van der Waals surface area contributed by atoms with Gasteiger partial charge in [-0.3, -0.25) is 9.36 Å². The molecule has 194 valence electrons. The molecule has 1 aliphatic heterocycles. The van der Waals surface area contributed by atoms with E-state index in [0.29, 0.717) is 35.8 Å². The van der Waals surface area contributed by atoms with Crippen LogP contribution in [0, 0.1) is 11.3 Å². The van der Waals surface area contributed by atoms with E-state index in [1.807, 2.05) is 71.3 Å². The molecule has 5 aromatic rings. The minimum Gasteiger partial charge on any atom is -0.381 e. The third-order valence-electron chi connectivity index (χ3n) is 7.22. The minimum absolute atomic E-state index is 0.158. The number of imidazole rings is 1. The topological polar surface area (TPSA) is 91.8 Å².